The van der Waals surface area contributed by atoms with Gasteiger partial charge in [-0.1, -0.05) is 24.4 Å². The second kappa shape index (κ2) is 4.11. The van der Waals surface area contributed by atoms with Gasteiger partial charge in [0.1, 0.15) is 0 Å². The molecule has 2 atom stereocenters. The van der Waals surface area contributed by atoms with E-state index in [1.165, 1.54) is 25.7 Å². The van der Waals surface area contributed by atoms with Crippen molar-refractivity contribution in [3.8, 4) is 0 Å². The molecule has 1 N–H and O–H groups in total. The van der Waals surface area contributed by atoms with Crippen molar-refractivity contribution in [3.63, 3.8) is 0 Å². The van der Waals surface area contributed by atoms with Crippen LogP contribution in [-0.4, -0.2) is 10.8 Å². The molecule has 19 heavy (non-hydrogen) atoms. The van der Waals surface area contributed by atoms with E-state index < -0.39 is 0 Å². The predicted octanol–water partition coefficient (Wildman–Crippen LogP) is 4.44. The van der Waals surface area contributed by atoms with Gasteiger partial charge in [-0.2, -0.15) is 0 Å². The van der Waals surface area contributed by atoms with Gasteiger partial charge in [0, 0.05) is 33.6 Å². The number of Topliss-reactive ketones (excluding diaryl/α,β-unsaturated/α-hetero) is 1. The molecule has 0 aliphatic heterocycles. The van der Waals surface area contributed by atoms with E-state index in [1.807, 2.05) is 24.4 Å². The zero-order valence-electron chi connectivity index (χ0n) is 10.7. The van der Waals surface area contributed by atoms with Crippen molar-refractivity contribution in [2.75, 3.05) is 0 Å². The number of hydrogen-bond donors (Lipinski definition) is 1. The van der Waals surface area contributed by atoms with E-state index in [9.17, 15) is 4.79 Å². The number of aromatic amines is 1. The summed E-state index contributed by atoms with van der Waals surface area (Å²) in [4.78, 5) is 15.9. The number of benzene rings is 1. The maximum atomic E-state index is 12.7. The fourth-order valence-corrected chi connectivity index (χ4v) is 4.03. The number of carbonyl (C=O) groups excluding carboxylic acids is 1. The lowest BCUT2D eigenvalue weighted by Gasteiger charge is -2.04. The fourth-order valence-electron chi connectivity index (χ4n) is 3.86. The molecule has 1 heterocycles. The molecular formula is C16H16ClNO. The largest absolute Gasteiger partial charge is 0.360 e. The summed E-state index contributed by atoms with van der Waals surface area (Å²) >= 11 is 6.04. The van der Waals surface area contributed by atoms with Gasteiger partial charge in [-0.05, 0) is 42.9 Å². The van der Waals surface area contributed by atoms with Crippen molar-refractivity contribution in [3.05, 3.63) is 35.0 Å². The summed E-state index contributed by atoms with van der Waals surface area (Å²) in [5.74, 6) is 1.92. The number of aromatic nitrogens is 1. The number of rotatable bonds is 2. The molecular weight excluding hydrogens is 258 g/mol. The van der Waals surface area contributed by atoms with Crippen LogP contribution in [0.1, 0.15) is 36.0 Å². The molecule has 2 aliphatic carbocycles. The van der Waals surface area contributed by atoms with Crippen molar-refractivity contribution >= 4 is 28.3 Å². The van der Waals surface area contributed by atoms with Crippen molar-refractivity contribution in [1.82, 2.24) is 4.98 Å². The normalized spacial score (nSPS) is 29.2. The zero-order chi connectivity index (χ0) is 13.0. The van der Waals surface area contributed by atoms with Crippen LogP contribution in [0.25, 0.3) is 10.9 Å². The maximum absolute atomic E-state index is 12.7. The predicted molar refractivity (Wildman–Crippen MR) is 76.6 cm³/mol. The Labute approximate surface area is 117 Å². The van der Waals surface area contributed by atoms with Crippen molar-refractivity contribution < 1.29 is 4.79 Å². The van der Waals surface area contributed by atoms with Gasteiger partial charge in [-0.25, -0.2) is 0 Å². The molecule has 98 valence electrons. The first-order chi connectivity index (χ1) is 9.25. The van der Waals surface area contributed by atoms with Crippen LogP contribution in [0, 0.1) is 17.8 Å². The molecule has 2 nitrogen and oxygen atoms in total. The Hall–Kier alpha value is -1.28. The summed E-state index contributed by atoms with van der Waals surface area (Å²) in [5.41, 5.74) is 1.83. The minimum absolute atomic E-state index is 0.278. The van der Waals surface area contributed by atoms with Crippen LogP contribution < -0.4 is 0 Å². The van der Waals surface area contributed by atoms with Gasteiger partial charge >= 0.3 is 0 Å². The Morgan fingerprint density at radius 1 is 1.21 bits per heavy atom. The van der Waals surface area contributed by atoms with Crippen LogP contribution in [0.2, 0.25) is 5.02 Å². The fraction of sp³-hybridized carbons (Fsp3) is 0.438. The van der Waals surface area contributed by atoms with Crippen molar-refractivity contribution in [1.29, 1.82) is 0 Å². The summed E-state index contributed by atoms with van der Waals surface area (Å²) < 4.78 is 0. The lowest BCUT2D eigenvalue weighted by molar-refractivity contribution is 0.0958. The van der Waals surface area contributed by atoms with Gasteiger partial charge < -0.3 is 4.98 Å². The van der Waals surface area contributed by atoms with E-state index in [0.29, 0.717) is 22.6 Å². The van der Waals surface area contributed by atoms with Crippen LogP contribution in [-0.2, 0) is 0 Å². The molecule has 0 amide bonds. The number of fused-ring (bicyclic) bond motifs is 2. The molecule has 0 bridgehead atoms. The first kappa shape index (κ1) is 11.5. The average Bonchev–Trinajstić information content (AvgIpc) is 3.01. The quantitative estimate of drug-likeness (QED) is 0.806. The van der Waals surface area contributed by atoms with E-state index in [2.05, 4.69) is 4.98 Å². The van der Waals surface area contributed by atoms with Crippen LogP contribution in [0.3, 0.4) is 0 Å². The lowest BCUT2D eigenvalue weighted by atomic mass is 10.0. The Bertz CT molecular complexity index is 648. The molecule has 2 saturated carbocycles. The number of H-pyrrole nitrogens is 1. The van der Waals surface area contributed by atoms with Gasteiger partial charge in [0.15, 0.2) is 5.78 Å². The lowest BCUT2D eigenvalue weighted by Crippen LogP contribution is -2.03. The molecule has 2 aliphatic rings. The number of carbonyl (C=O) groups is 1. The van der Waals surface area contributed by atoms with Crippen LogP contribution in [0.5, 0.6) is 0 Å². The SMILES string of the molecule is O=C(c1c[nH]c2ccc(Cl)cc12)C1C2CCCCC21. The second-order valence-electron chi connectivity index (χ2n) is 5.89. The standard InChI is InChI=1S/C16H16ClNO/c17-9-5-6-14-12(7-9)13(8-18-14)16(19)15-10-3-1-2-4-11(10)15/h5-8,10-11,15,18H,1-4H2. The molecule has 2 aromatic rings. The average molecular weight is 274 g/mol. The highest BCUT2D eigenvalue weighted by Crippen LogP contribution is 2.56. The molecule has 0 spiro atoms. The Morgan fingerprint density at radius 3 is 2.68 bits per heavy atom. The zero-order valence-corrected chi connectivity index (χ0v) is 11.4. The maximum Gasteiger partial charge on any atom is 0.168 e. The molecule has 2 unspecified atom stereocenters. The summed E-state index contributed by atoms with van der Waals surface area (Å²) in [6.07, 6.45) is 6.93. The van der Waals surface area contributed by atoms with Gasteiger partial charge in [0.05, 0.1) is 0 Å². The van der Waals surface area contributed by atoms with Gasteiger partial charge in [-0.15, -0.1) is 0 Å². The van der Waals surface area contributed by atoms with Gasteiger partial charge in [0.25, 0.3) is 0 Å². The minimum atomic E-state index is 0.278. The van der Waals surface area contributed by atoms with Crippen molar-refractivity contribution in [2.24, 2.45) is 17.8 Å². The molecule has 4 rings (SSSR count). The van der Waals surface area contributed by atoms with Crippen LogP contribution in [0.4, 0.5) is 0 Å². The molecule has 2 fully saturated rings. The van der Waals surface area contributed by atoms with E-state index in [0.717, 1.165) is 16.5 Å². The highest BCUT2D eigenvalue weighted by molar-refractivity contribution is 6.31. The van der Waals surface area contributed by atoms with Crippen molar-refractivity contribution in [2.45, 2.75) is 25.7 Å². The third-order valence-electron chi connectivity index (χ3n) is 4.87. The summed E-state index contributed by atoms with van der Waals surface area (Å²) in [5, 5.41) is 1.66. The number of halogens is 1. The highest BCUT2D eigenvalue weighted by atomic mass is 35.5. The van der Waals surface area contributed by atoms with E-state index in [4.69, 9.17) is 11.6 Å². The second-order valence-corrected chi connectivity index (χ2v) is 6.33. The first-order valence-electron chi connectivity index (χ1n) is 7.06. The smallest absolute Gasteiger partial charge is 0.168 e. The third kappa shape index (κ3) is 1.73. The Morgan fingerprint density at radius 2 is 1.95 bits per heavy atom. The molecule has 1 aromatic heterocycles. The van der Waals surface area contributed by atoms with E-state index in [1.54, 1.807) is 0 Å². The van der Waals surface area contributed by atoms with E-state index >= 15 is 0 Å². The summed E-state index contributed by atoms with van der Waals surface area (Å²) in [6, 6.07) is 5.69. The van der Waals surface area contributed by atoms with Crippen LogP contribution in [0.15, 0.2) is 24.4 Å². The van der Waals surface area contributed by atoms with Crippen LogP contribution >= 0.6 is 11.6 Å². The number of hydrogen-bond acceptors (Lipinski definition) is 1. The minimum Gasteiger partial charge on any atom is -0.360 e. The Kier molecular flexibility index (Phi) is 2.49. The topological polar surface area (TPSA) is 32.9 Å². The van der Waals surface area contributed by atoms with Gasteiger partial charge in [-0.3, -0.25) is 4.79 Å². The Balaban J connectivity index is 1.71. The highest BCUT2D eigenvalue weighted by Gasteiger charge is 2.54. The number of nitrogens with one attached hydrogen (secondary N) is 1. The number of ketones is 1. The molecule has 1 aromatic carbocycles. The van der Waals surface area contributed by atoms with E-state index in [-0.39, 0.29) is 5.92 Å². The van der Waals surface area contributed by atoms with Gasteiger partial charge in [0.2, 0.25) is 0 Å². The molecule has 0 radical (unpaired) electrons. The monoisotopic (exact) mass is 273 g/mol. The molecule has 3 heteroatoms. The molecule has 0 saturated heterocycles. The summed E-state index contributed by atoms with van der Waals surface area (Å²) in [6.45, 7) is 0. The first-order valence-corrected chi connectivity index (χ1v) is 7.44. The summed E-state index contributed by atoms with van der Waals surface area (Å²) in [7, 11) is 0. The third-order valence-corrected chi connectivity index (χ3v) is 5.10.